The fourth-order valence-corrected chi connectivity index (χ4v) is 1.98. The van der Waals surface area contributed by atoms with E-state index >= 15 is 0 Å². The van der Waals surface area contributed by atoms with Crippen LogP contribution in [0.1, 0.15) is 18.7 Å². The second-order valence-corrected chi connectivity index (χ2v) is 4.73. The van der Waals surface area contributed by atoms with Crippen molar-refractivity contribution in [3.8, 4) is 11.4 Å². The first-order valence-corrected chi connectivity index (χ1v) is 6.06. The Morgan fingerprint density at radius 3 is 3.00 bits per heavy atom. The van der Waals surface area contributed by atoms with Crippen LogP contribution in [-0.4, -0.2) is 16.2 Å². The van der Waals surface area contributed by atoms with Crippen LogP contribution in [0.2, 0.25) is 0 Å². The Balaban J connectivity index is 1.76. The van der Waals surface area contributed by atoms with Gasteiger partial charge in [0.25, 0.3) is 0 Å². The molecule has 3 rings (SSSR count). The molecule has 1 aliphatic rings. The van der Waals surface area contributed by atoms with Crippen LogP contribution >= 0.6 is 0 Å². The van der Waals surface area contributed by atoms with Crippen LogP contribution in [0.4, 0.5) is 4.39 Å². The molecule has 0 radical (unpaired) electrons. The third-order valence-electron chi connectivity index (χ3n) is 3.19. The quantitative estimate of drug-likeness (QED) is 0.899. The van der Waals surface area contributed by atoms with E-state index in [4.69, 9.17) is 10.3 Å². The fourth-order valence-electron chi connectivity index (χ4n) is 1.98. The summed E-state index contributed by atoms with van der Waals surface area (Å²) in [5.74, 6) is 1.21. The highest BCUT2D eigenvalue weighted by Gasteiger charge is 2.29. The summed E-state index contributed by atoms with van der Waals surface area (Å²) < 4.78 is 18.2. The van der Waals surface area contributed by atoms with E-state index in [-0.39, 0.29) is 11.9 Å². The van der Waals surface area contributed by atoms with Gasteiger partial charge in [-0.25, -0.2) is 4.39 Å². The maximum atomic E-state index is 13.1. The van der Waals surface area contributed by atoms with Gasteiger partial charge in [0.15, 0.2) is 0 Å². The molecule has 0 saturated heterocycles. The van der Waals surface area contributed by atoms with E-state index < -0.39 is 0 Å². The predicted octanol–water partition coefficient (Wildman–Crippen LogP) is 2.16. The van der Waals surface area contributed by atoms with Gasteiger partial charge in [0.2, 0.25) is 11.7 Å². The number of nitrogens with zero attached hydrogens (tertiary/aromatic N) is 2. The summed E-state index contributed by atoms with van der Waals surface area (Å²) in [6.45, 7) is 0. The summed E-state index contributed by atoms with van der Waals surface area (Å²) in [6, 6.07) is 6.23. The van der Waals surface area contributed by atoms with Crippen molar-refractivity contribution >= 4 is 0 Å². The lowest BCUT2D eigenvalue weighted by Gasteiger charge is -2.04. The van der Waals surface area contributed by atoms with Crippen LogP contribution < -0.4 is 5.73 Å². The molecule has 18 heavy (non-hydrogen) atoms. The van der Waals surface area contributed by atoms with Crippen molar-refractivity contribution in [2.45, 2.75) is 25.3 Å². The molecule has 94 valence electrons. The Hall–Kier alpha value is -1.75. The highest BCUT2D eigenvalue weighted by molar-refractivity contribution is 5.53. The van der Waals surface area contributed by atoms with Crippen molar-refractivity contribution < 1.29 is 8.91 Å². The van der Waals surface area contributed by atoms with Gasteiger partial charge in [-0.1, -0.05) is 17.3 Å². The third kappa shape index (κ3) is 2.41. The van der Waals surface area contributed by atoms with E-state index in [1.165, 1.54) is 25.0 Å². The number of aromatic nitrogens is 2. The number of halogens is 1. The van der Waals surface area contributed by atoms with Crippen LogP contribution in [0.25, 0.3) is 11.4 Å². The molecular formula is C13H14FN3O. The monoisotopic (exact) mass is 247 g/mol. The zero-order chi connectivity index (χ0) is 12.5. The van der Waals surface area contributed by atoms with Gasteiger partial charge in [0, 0.05) is 18.0 Å². The van der Waals surface area contributed by atoms with E-state index in [1.54, 1.807) is 12.1 Å². The standard InChI is InChI=1S/C13H14FN3O/c14-10-3-1-2-9(6-10)13-16-12(18-17-13)7-11(15)8-4-5-8/h1-3,6,8,11H,4-5,7,15H2. The lowest BCUT2D eigenvalue weighted by atomic mass is 10.1. The maximum absolute atomic E-state index is 13.1. The molecule has 4 nitrogen and oxygen atoms in total. The van der Waals surface area contributed by atoms with Gasteiger partial charge < -0.3 is 10.3 Å². The van der Waals surface area contributed by atoms with Crippen molar-refractivity contribution in [3.63, 3.8) is 0 Å². The summed E-state index contributed by atoms with van der Waals surface area (Å²) in [7, 11) is 0. The van der Waals surface area contributed by atoms with Crippen molar-refractivity contribution in [3.05, 3.63) is 36.0 Å². The van der Waals surface area contributed by atoms with E-state index in [0.717, 1.165) is 0 Å². The summed E-state index contributed by atoms with van der Waals surface area (Å²) >= 11 is 0. The average Bonchev–Trinajstić information content (AvgIpc) is 3.10. The number of hydrogen-bond donors (Lipinski definition) is 1. The van der Waals surface area contributed by atoms with Crippen molar-refractivity contribution in [2.24, 2.45) is 11.7 Å². The molecule has 2 N–H and O–H groups in total. The van der Waals surface area contributed by atoms with E-state index in [0.29, 0.717) is 29.6 Å². The molecule has 0 amide bonds. The topological polar surface area (TPSA) is 64.9 Å². The number of benzene rings is 1. The summed E-state index contributed by atoms with van der Waals surface area (Å²) in [5.41, 5.74) is 6.61. The molecule has 1 aromatic heterocycles. The van der Waals surface area contributed by atoms with Crippen LogP contribution in [0.15, 0.2) is 28.8 Å². The normalized spacial score (nSPS) is 16.8. The predicted molar refractivity (Wildman–Crippen MR) is 64.1 cm³/mol. The van der Waals surface area contributed by atoms with E-state index in [1.807, 2.05) is 0 Å². The molecule has 1 aliphatic carbocycles. The lowest BCUT2D eigenvalue weighted by molar-refractivity contribution is 0.364. The Labute approximate surface area is 104 Å². The average molecular weight is 247 g/mol. The Bertz CT molecular complexity index is 551. The van der Waals surface area contributed by atoms with Gasteiger partial charge >= 0.3 is 0 Å². The smallest absolute Gasteiger partial charge is 0.228 e. The van der Waals surface area contributed by atoms with E-state index in [9.17, 15) is 4.39 Å². The van der Waals surface area contributed by atoms with Crippen molar-refractivity contribution in [1.82, 2.24) is 10.1 Å². The zero-order valence-electron chi connectivity index (χ0n) is 9.84. The molecule has 1 fully saturated rings. The molecule has 0 aliphatic heterocycles. The molecule has 1 heterocycles. The first-order chi connectivity index (χ1) is 8.72. The summed E-state index contributed by atoms with van der Waals surface area (Å²) in [5, 5.41) is 3.85. The van der Waals surface area contributed by atoms with Crippen LogP contribution in [-0.2, 0) is 6.42 Å². The zero-order valence-corrected chi connectivity index (χ0v) is 9.84. The maximum Gasteiger partial charge on any atom is 0.228 e. The van der Waals surface area contributed by atoms with Crippen LogP contribution in [0.5, 0.6) is 0 Å². The van der Waals surface area contributed by atoms with E-state index in [2.05, 4.69) is 10.1 Å². The summed E-state index contributed by atoms with van der Waals surface area (Å²) in [4.78, 5) is 4.25. The summed E-state index contributed by atoms with van der Waals surface area (Å²) in [6.07, 6.45) is 2.96. The SMILES string of the molecule is NC(Cc1nc(-c2cccc(F)c2)no1)C1CC1. The van der Waals surface area contributed by atoms with Gasteiger partial charge in [-0.3, -0.25) is 0 Å². The highest BCUT2D eigenvalue weighted by atomic mass is 19.1. The van der Waals surface area contributed by atoms with Gasteiger partial charge in [-0.05, 0) is 30.9 Å². The van der Waals surface area contributed by atoms with Gasteiger partial charge in [-0.2, -0.15) is 4.98 Å². The second kappa shape index (κ2) is 4.49. The Morgan fingerprint density at radius 2 is 2.28 bits per heavy atom. The first-order valence-electron chi connectivity index (χ1n) is 6.06. The second-order valence-electron chi connectivity index (χ2n) is 4.73. The minimum absolute atomic E-state index is 0.0887. The number of rotatable bonds is 4. The minimum atomic E-state index is -0.312. The molecule has 1 unspecified atom stereocenters. The van der Waals surface area contributed by atoms with Gasteiger partial charge in [0.1, 0.15) is 5.82 Å². The van der Waals surface area contributed by atoms with Crippen LogP contribution in [0.3, 0.4) is 0 Å². The third-order valence-corrected chi connectivity index (χ3v) is 3.19. The molecular weight excluding hydrogens is 233 g/mol. The first kappa shape index (κ1) is 11.3. The van der Waals surface area contributed by atoms with Crippen molar-refractivity contribution in [1.29, 1.82) is 0 Å². The molecule has 1 saturated carbocycles. The number of nitrogens with two attached hydrogens (primary N) is 1. The van der Waals surface area contributed by atoms with Crippen molar-refractivity contribution in [2.75, 3.05) is 0 Å². The minimum Gasteiger partial charge on any atom is -0.339 e. The molecule has 5 heteroatoms. The molecule has 1 aromatic carbocycles. The Morgan fingerprint density at radius 1 is 1.44 bits per heavy atom. The lowest BCUT2D eigenvalue weighted by Crippen LogP contribution is -2.25. The number of hydrogen-bond acceptors (Lipinski definition) is 4. The van der Waals surface area contributed by atoms with Gasteiger partial charge in [0.05, 0.1) is 0 Å². The molecule has 0 spiro atoms. The molecule has 1 atom stereocenters. The fraction of sp³-hybridized carbons (Fsp3) is 0.385. The largest absolute Gasteiger partial charge is 0.339 e. The van der Waals surface area contributed by atoms with Crippen LogP contribution in [0, 0.1) is 11.7 Å². The van der Waals surface area contributed by atoms with Gasteiger partial charge in [-0.15, -0.1) is 0 Å². The molecule has 0 bridgehead atoms. The molecule has 2 aromatic rings. The Kier molecular flexibility index (Phi) is 2.83. The highest BCUT2D eigenvalue weighted by Crippen LogP contribution is 2.32.